The third-order valence-corrected chi connectivity index (χ3v) is 4.50. The summed E-state index contributed by atoms with van der Waals surface area (Å²) in [7, 11) is 0. The largest absolute Gasteiger partial charge is 0.366 e. The molecule has 2 heterocycles. The van der Waals surface area contributed by atoms with Gasteiger partial charge in [0.2, 0.25) is 0 Å². The summed E-state index contributed by atoms with van der Waals surface area (Å²) in [4.78, 5) is 25.4. The minimum atomic E-state index is -0.306. The fraction of sp³-hybridized carbons (Fsp3) is 0.0909. The van der Waals surface area contributed by atoms with Gasteiger partial charge in [0.25, 0.3) is 5.91 Å². The van der Waals surface area contributed by atoms with E-state index < -0.39 is 0 Å². The van der Waals surface area contributed by atoms with Crippen LogP contribution in [0.15, 0.2) is 73.2 Å². The molecule has 6 heteroatoms. The highest BCUT2D eigenvalue weighted by molar-refractivity contribution is 6.07. The molecule has 4 aromatic rings. The zero-order valence-corrected chi connectivity index (χ0v) is 15.4. The van der Waals surface area contributed by atoms with E-state index in [9.17, 15) is 4.79 Å². The molecule has 0 atom stereocenters. The number of para-hydroxylation sites is 1. The smallest absolute Gasteiger partial charge is 0.274 e. The highest BCUT2D eigenvalue weighted by atomic mass is 16.1. The lowest BCUT2D eigenvalue weighted by Gasteiger charge is -2.10. The summed E-state index contributed by atoms with van der Waals surface area (Å²) in [5, 5.41) is 7.10. The average molecular weight is 369 g/mol. The molecule has 0 fully saturated rings. The molecular weight excluding hydrogens is 350 g/mol. The molecule has 2 N–H and O–H groups in total. The molecule has 28 heavy (non-hydrogen) atoms. The fourth-order valence-corrected chi connectivity index (χ4v) is 2.96. The molecule has 2 aromatic carbocycles. The topological polar surface area (TPSA) is 79.8 Å². The number of hydrogen-bond donors (Lipinski definition) is 2. The molecule has 0 spiro atoms. The van der Waals surface area contributed by atoms with Crippen molar-refractivity contribution in [3.05, 3.63) is 90.0 Å². The van der Waals surface area contributed by atoms with Crippen LogP contribution in [0, 0.1) is 6.92 Å². The molecule has 0 unspecified atom stereocenters. The van der Waals surface area contributed by atoms with E-state index >= 15 is 0 Å². The van der Waals surface area contributed by atoms with Crippen LogP contribution < -0.4 is 10.6 Å². The van der Waals surface area contributed by atoms with Gasteiger partial charge in [0.05, 0.1) is 11.2 Å². The standard InChI is InChI=1S/C22H19N5O/c1-15-6-2-3-7-17(15)13-24-20-12-19(25-14-26-20)22(28)27-18-10-4-8-16-9-5-11-23-21(16)18/h2-12,14H,13H2,1H3,(H,27,28)(H,24,25,26). The normalized spacial score (nSPS) is 10.6. The van der Waals surface area contributed by atoms with E-state index in [1.807, 2.05) is 42.5 Å². The Labute approximate surface area is 162 Å². The maximum atomic E-state index is 12.7. The van der Waals surface area contributed by atoms with Gasteiger partial charge < -0.3 is 10.6 Å². The number of rotatable bonds is 5. The van der Waals surface area contributed by atoms with Gasteiger partial charge in [0, 0.05) is 24.2 Å². The van der Waals surface area contributed by atoms with Gasteiger partial charge in [0.1, 0.15) is 17.8 Å². The molecule has 0 aliphatic heterocycles. The van der Waals surface area contributed by atoms with E-state index in [1.54, 1.807) is 12.3 Å². The van der Waals surface area contributed by atoms with Crippen LogP contribution in [0.2, 0.25) is 0 Å². The Morgan fingerprint density at radius 3 is 2.71 bits per heavy atom. The van der Waals surface area contributed by atoms with Crippen LogP contribution in [-0.4, -0.2) is 20.9 Å². The third kappa shape index (κ3) is 3.81. The number of aryl methyl sites for hydroxylation is 1. The van der Waals surface area contributed by atoms with Gasteiger partial charge in [-0.3, -0.25) is 9.78 Å². The number of nitrogens with zero attached hydrogens (tertiary/aromatic N) is 3. The Kier molecular flexibility index (Phi) is 4.93. The third-order valence-electron chi connectivity index (χ3n) is 4.50. The summed E-state index contributed by atoms with van der Waals surface area (Å²) in [6, 6.07) is 19.3. The van der Waals surface area contributed by atoms with Crippen molar-refractivity contribution in [2.45, 2.75) is 13.5 Å². The minimum Gasteiger partial charge on any atom is -0.366 e. The zero-order chi connectivity index (χ0) is 19.3. The first kappa shape index (κ1) is 17.6. The van der Waals surface area contributed by atoms with Gasteiger partial charge in [-0.2, -0.15) is 0 Å². The van der Waals surface area contributed by atoms with Crippen LogP contribution >= 0.6 is 0 Å². The summed E-state index contributed by atoms with van der Waals surface area (Å²) >= 11 is 0. The Bertz CT molecular complexity index is 1140. The number of carbonyl (C=O) groups excluding carboxylic acids is 1. The molecule has 1 amide bonds. The predicted octanol–water partition coefficient (Wildman–Crippen LogP) is 4.20. The lowest BCUT2D eigenvalue weighted by atomic mass is 10.1. The molecule has 0 radical (unpaired) electrons. The minimum absolute atomic E-state index is 0.287. The van der Waals surface area contributed by atoms with Gasteiger partial charge in [-0.15, -0.1) is 0 Å². The second-order valence-electron chi connectivity index (χ2n) is 6.40. The molecule has 4 rings (SSSR count). The van der Waals surface area contributed by atoms with Gasteiger partial charge >= 0.3 is 0 Å². The zero-order valence-electron chi connectivity index (χ0n) is 15.4. The molecular formula is C22H19N5O. The van der Waals surface area contributed by atoms with Crippen molar-refractivity contribution < 1.29 is 4.79 Å². The molecule has 138 valence electrons. The number of hydrogen-bond acceptors (Lipinski definition) is 5. The van der Waals surface area contributed by atoms with Crippen molar-refractivity contribution in [1.82, 2.24) is 15.0 Å². The number of aromatic nitrogens is 3. The first-order valence-corrected chi connectivity index (χ1v) is 8.96. The van der Waals surface area contributed by atoms with E-state index in [0.29, 0.717) is 18.1 Å². The van der Waals surface area contributed by atoms with Crippen molar-refractivity contribution in [1.29, 1.82) is 0 Å². The first-order valence-electron chi connectivity index (χ1n) is 8.96. The fourth-order valence-electron chi connectivity index (χ4n) is 2.96. The lowest BCUT2D eigenvalue weighted by Crippen LogP contribution is -2.15. The summed E-state index contributed by atoms with van der Waals surface area (Å²) in [5.74, 6) is 0.291. The first-order chi connectivity index (χ1) is 13.7. The van der Waals surface area contributed by atoms with E-state index in [2.05, 4.69) is 44.6 Å². The summed E-state index contributed by atoms with van der Waals surface area (Å²) in [6.07, 6.45) is 3.09. The maximum absolute atomic E-state index is 12.7. The average Bonchev–Trinajstić information content (AvgIpc) is 2.74. The Morgan fingerprint density at radius 1 is 0.964 bits per heavy atom. The van der Waals surface area contributed by atoms with Crippen LogP contribution in [-0.2, 0) is 6.54 Å². The molecule has 6 nitrogen and oxygen atoms in total. The Balaban J connectivity index is 1.50. The number of fused-ring (bicyclic) bond motifs is 1. The van der Waals surface area contributed by atoms with E-state index in [-0.39, 0.29) is 11.6 Å². The number of anilines is 2. The van der Waals surface area contributed by atoms with Gasteiger partial charge in [-0.25, -0.2) is 9.97 Å². The number of nitrogens with one attached hydrogen (secondary N) is 2. The molecule has 0 aliphatic rings. The lowest BCUT2D eigenvalue weighted by molar-refractivity contribution is 0.102. The highest BCUT2D eigenvalue weighted by Gasteiger charge is 2.11. The second-order valence-corrected chi connectivity index (χ2v) is 6.40. The van der Waals surface area contributed by atoms with E-state index in [1.165, 1.54) is 17.5 Å². The Morgan fingerprint density at radius 2 is 1.82 bits per heavy atom. The van der Waals surface area contributed by atoms with E-state index in [4.69, 9.17) is 0 Å². The number of benzene rings is 2. The van der Waals surface area contributed by atoms with Crippen molar-refractivity contribution in [2.75, 3.05) is 10.6 Å². The molecule has 2 aromatic heterocycles. The van der Waals surface area contributed by atoms with Crippen LogP contribution in [0.1, 0.15) is 21.6 Å². The van der Waals surface area contributed by atoms with Crippen LogP contribution in [0.3, 0.4) is 0 Å². The van der Waals surface area contributed by atoms with Gasteiger partial charge in [0.15, 0.2) is 0 Å². The van der Waals surface area contributed by atoms with Gasteiger partial charge in [-0.05, 0) is 30.2 Å². The highest BCUT2D eigenvalue weighted by Crippen LogP contribution is 2.21. The van der Waals surface area contributed by atoms with Crippen LogP contribution in [0.5, 0.6) is 0 Å². The molecule has 0 bridgehead atoms. The van der Waals surface area contributed by atoms with Crippen molar-refractivity contribution in [3.63, 3.8) is 0 Å². The SMILES string of the molecule is Cc1ccccc1CNc1cc(C(=O)Nc2cccc3cccnc23)ncn1. The molecule has 0 saturated heterocycles. The van der Waals surface area contributed by atoms with Crippen LogP contribution in [0.25, 0.3) is 10.9 Å². The van der Waals surface area contributed by atoms with Crippen LogP contribution in [0.4, 0.5) is 11.5 Å². The van der Waals surface area contributed by atoms with Crippen molar-refractivity contribution in [2.24, 2.45) is 0 Å². The summed E-state index contributed by atoms with van der Waals surface area (Å²) in [6.45, 7) is 2.69. The summed E-state index contributed by atoms with van der Waals surface area (Å²) in [5.41, 5.74) is 4.05. The number of pyridine rings is 1. The van der Waals surface area contributed by atoms with Crippen molar-refractivity contribution >= 4 is 28.3 Å². The second kappa shape index (κ2) is 7.84. The van der Waals surface area contributed by atoms with Gasteiger partial charge in [-0.1, -0.05) is 42.5 Å². The predicted molar refractivity (Wildman–Crippen MR) is 110 cm³/mol. The maximum Gasteiger partial charge on any atom is 0.274 e. The number of carbonyl (C=O) groups is 1. The number of amides is 1. The Hall–Kier alpha value is -3.80. The van der Waals surface area contributed by atoms with E-state index in [0.717, 1.165) is 10.9 Å². The summed E-state index contributed by atoms with van der Waals surface area (Å²) < 4.78 is 0. The molecule has 0 aliphatic carbocycles. The monoisotopic (exact) mass is 369 g/mol. The molecule has 0 saturated carbocycles. The quantitative estimate of drug-likeness (QED) is 0.551. The van der Waals surface area contributed by atoms with Crippen molar-refractivity contribution in [3.8, 4) is 0 Å².